The SMILES string of the molecule is CC(C)c1c(NN)ncnc1N(C)CC1CC(O)C1. The summed E-state index contributed by atoms with van der Waals surface area (Å²) in [6.45, 7) is 5.10. The zero-order chi connectivity index (χ0) is 14.0. The van der Waals surface area contributed by atoms with E-state index in [9.17, 15) is 5.11 Å². The van der Waals surface area contributed by atoms with Crippen LogP contribution >= 0.6 is 0 Å². The van der Waals surface area contributed by atoms with Gasteiger partial charge in [-0.25, -0.2) is 15.8 Å². The summed E-state index contributed by atoms with van der Waals surface area (Å²) >= 11 is 0. The molecule has 0 aromatic carbocycles. The highest BCUT2D eigenvalue weighted by Gasteiger charge is 2.29. The van der Waals surface area contributed by atoms with Crippen molar-refractivity contribution < 1.29 is 5.11 Å². The van der Waals surface area contributed by atoms with Crippen LogP contribution < -0.4 is 16.2 Å². The van der Waals surface area contributed by atoms with Gasteiger partial charge >= 0.3 is 0 Å². The van der Waals surface area contributed by atoms with Gasteiger partial charge in [-0.2, -0.15) is 0 Å². The number of rotatable bonds is 5. The Morgan fingerprint density at radius 1 is 1.47 bits per heavy atom. The maximum atomic E-state index is 9.36. The molecule has 6 heteroatoms. The fourth-order valence-electron chi connectivity index (χ4n) is 2.66. The predicted molar refractivity (Wildman–Crippen MR) is 75.9 cm³/mol. The molecule has 4 N–H and O–H groups in total. The number of aromatic nitrogens is 2. The molecule has 1 saturated carbocycles. The second kappa shape index (κ2) is 5.71. The van der Waals surface area contributed by atoms with Crippen LogP contribution in [0.4, 0.5) is 11.6 Å². The molecule has 0 radical (unpaired) electrons. The fourth-order valence-corrected chi connectivity index (χ4v) is 2.66. The van der Waals surface area contributed by atoms with E-state index in [1.165, 1.54) is 6.33 Å². The number of nitrogens with two attached hydrogens (primary N) is 1. The average molecular weight is 265 g/mol. The minimum absolute atomic E-state index is 0.116. The first-order valence-corrected chi connectivity index (χ1v) is 6.73. The lowest BCUT2D eigenvalue weighted by atomic mass is 9.82. The zero-order valence-electron chi connectivity index (χ0n) is 11.8. The molecule has 1 aromatic heterocycles. The van der Waals surface area contributed by atoms with E-state index < -0.39 is 0 Å². The van der Waals surface area contributed by atoms with E-state index in [0.29, 0.717) is 11.7 Å². The first kappa shape index (κ1) is 14.0. The van der Waals surface area contributed by atoms with Crippen molar-refractivity contribution in [2.24, 2.45) is 11.8 Å². The lowest BCUT2D eigenvalue weighted by Crippen LogP contribution is -2.37. The minimum Gasteiger partial charge on any atom is -0.393 e. The molecular weight excluding hydrogens is 242 g/mol. The summed E-state index contributed by atoms with van der Waals surface area (Å²) in [4.78, 5) is 10.7. The van der Waals surface area contributed by atoms with Crippen molar-refractivity contribution in [2.45, 2.75) is 38.7 Å². The number of hydrogen-bond donors (Lipinski definition) is 3. The number of nitrogens with zero attached hydrogens (tertiary/aromatic N) is 3. The maximum absolute atomic E-state index is 9.36. The molecular formula is C13H23N5O. The lowest BCUT2D eigenvalue weighted by molar-refractivity contribution is 0.0464. The quantitative estimate of drug-likeness (QED) is 0.546. The summed E-state index contributed by atoms with van der Waals surface area (Å²) < 4.78 is 0. The van der Waals surface area contributed by atoms with Crippen molar-refractivity contribution in [1.82, 2.24) is 9.97 Å². The smallest absolute Gasteiger partial charge is 0.148 e. The van der Waals surface area contributed by atoms with Gasteiger partial charge in [0.15, 0.2) is 0 Å². The Labute approximate surface area is 114 Å². The molecule has 106 valence electrons. The predicted octanol–water partition coefficient (Wildman–Crippen LogP) is 1.09. The van der Waals surface area contributed by atoms with Gasteiger partial charge in [0.1, 0.15) is 18.0 Å². The Hall–Kier alpha value is -1.40. The molecule has 1 aliphatic carbocycles. The van der Waals surface area contributed by atoms with Crippen LogP contribution in [0.25, 0.3) is 0 Å². The molecule has 0 spiro atoms. The van der Waals surface area contributed by atoms with Crippen LogP contribution in [0.5, 0.6) is 0 Å². The Bertz CT molecular complexity index is 431. The van der Waals surface area contributed by atoms with E-state index in [1.807, 2.05) is 7.05 Å². The van der Waals surface area contributed by atoms with Crippen LogP contribution in [0, 0.1) is 5.92 Å². The number of aliphatic hydroxyl groups is 1. The molecule has 1 aliphatic rings. The molecule has 6 nitrogen and oxygen atoms in total. The first-order chi connectivity index (χ1) is 9.02. The van der Waals surface area contributed by atoms with Gasteiger partial charge in [-0.15, -0.1) is 0 Å². The minimum atomic E-state index is -0.116. The molecule has 2 rings (SSSR count). The first-order valence-electron chi connectivity index (χ1n) is 6.73. The van der Waals surface area contributed by atoms with Crippen LogP contribution in [0.15, 0.2) is 6.33 Å². The Morgan fingerprint density at radius 2 is 2.16 bits per heavy atom. The van der Waals surface area contributed by atoms with Gasteiger partial charge < -0.3 is 15.4 Å². The summed E-state index contributed by atoms with van der Waals surface area (Å²) in [6.07, 6.45) is 3.18. The van der Waals surface area contributed by atoms with Crippen LogP contribution in [-0.2, 0) is 0 Å². The molecule has 1 aromatic rings. The van der Waals surface area contributed by atoms with E-state index in [2.05, 4.69) is 34.1 Å². The Kier molecular flexibility index (Phi) is 4.21. The highest BCUT2D eigenvalue weighted by molar-refractivity contribution is 5.59. The third-order valence-electron chi connectivity index (χ3n) is 3.68. The molecule has 0 saturated heterocycles. The van der Waals surface area contributed by atoms with E-state index >= 15 is 0 Å². The standard InChI is InChI=1S/C13H23N5O/c1-8(2)11-12(17-14)15-7-16-13(11)18(3)6-9-4-10(19)5-9/h7-10,19H,4-6,14H2,1-3H3,(H,15,16,17). The summed E-state index contributed by atoms with van der Waals surface area (Å²) in [5, 5.41) is 9.36. The van der Waals surface area contributed by atoms with Gasteiger partial charge in [0.2, 0.25) is 0 Å². The molecule has 0 bridgehead atoms. The van der Waals surface area contributed by atoms with Gasteiger partial charge in [0.25, 0.3) is 0 Å². The third kappa shape index (κ3) is 2.96. The van der Waals surface area contributed by atoms with Crippen LogP contribution in [0.2, 0.25) is 0 Å². The Balaban J connectivity index is 2.18. The van der Waals surface area contributed by atoms with Crippen LogP contribution in [-0.4, -0.2) is 34.8 Å². The normalized spacial score (nSPS) is 22.2. The lowest BCUT2D eigenvalue weighted by Gasteiger charge is -2.35. The molecule has 1 fully saturated rings. The molecule has 0 aliphatic heterocycles. The van der Waals surface area contributed by atoms with Crippen molar-refractivity contribution in [3.63, 3.8) is 0 Å². The van der Waals surface area contributed by atoms with E-state index in [4.69, 9.17) is 5.84 Å². The Morgan fingerprint density at radius 3 is 2.68 bits per heavy atom. The van der Waals surface area contributed by atoms with E-state index in [-0.39, 0.29) is 12.0 Å². The summed E-state index contributed by atoms with van der Waals surface area (Å²) in [6, 6.07) is 0. The molecule has 0 atom stereocenters. The number of aliphatic hydroxyl groups excluding tert-OH is 1. The highest BCUT2D eigenvalue weighted by Crippen LogP contribution is 2.33. The van der Waals surface area contributed by atoms with Gasteiger partial charge in [-0.05, 0) is 24.7 Å². The molecule has 0 unspecified atom stereocenters. The highest BCUT2D eigenvalue weighted by atomic mass is 16.3. The van der Waals surface area contributed by atoms with E-state index in [0.717, 1.165) is 30.8 Å². The number of anilines is 2. The number of hydrogen-bond acceptors (Lipinski definition) is 6. The molecule has 19 heavy (non-hydrogen) atoms. The molecule has 0 amide bonds. The van der Waals surface area contributed by atoms with Gasteiger partial charge in [0, 0.05) is 19.2 Å². The van der Waals surface area contributed by atoms with Crippen molar-refractivity contribution in [1.29, 1.82) is 0 Å². The van der Waals surface area contributed by atoms with Crippen LogP contribution in [0.1, 0.15) is 38.2 Å². The largest absolute Gasteiger partial charge is 0.393 e. The third-order valence-corrected chi connectivity index (χ3v) is 3.68. The second-order valence-electron chi connectivity index (χ2n) is 5.63. The van der Waals surface area contributed by atoms with Crippen molar-refractivity contribution in [3.05, 3.63) is 11.9 Å². The number of nitrogens with one attached hydrogen (secondary N) is 1. The second-order valence-corrected chi connectivity index (χ2v) is 5.63. The molecule has 1 heterocycles. The van der Waals surface area contributed by atoms with Gasteiger partial charge in [0.05, 0.1) is 6.10 Å². The van der Waals surface area contributed by atoms with Crippen molar-refractivity contribution >= 4 is 11.6 Å². The average Bonchev–Trinajstić information content (AvgIpc) is 2.35. The zero-order valence-corrected chi connectivity index (χ0v) is 11.8. The monoisotopic (exact) mass is 265 g/mol. The van der Waals surface area contributed by atoms with Crippen molar-refractivity contribution in [3.8, 4) is 0 Å². The summed E-state index contributed by atoms with van der Waals surface area (Å²) in [5.41, 5.74) is 3.68. The summed E-state index contributed by atoms with van der Waals surface area (Å²) in [5.74, 6) is 7.95. The maximum Gasteiger partial charge on any atom is 0.148 e. The fraction of sp³-hybridized carbons (Fsp3) is 0.692. The number of nitrogen functional groups attached to an aromatic ring is 1. The topological polar surface area (TPSA) is 87.3 Å². The van der Waals surface area contributed by atoms with E-state index in [1.54, 1.807) is 0 Å². The summed E-state index contributed by atoms with van der Waals surface area (Å²) in [7, 11) is 2.03. The van der Waals surface area contributed by atoms with Crippen molar-refractivity contribution in [2.75, 3.05) is 23.9 Å². The van der Waals surface area contributed by atoms with Crippen LogP contribution in [0.3, 0.4) is 0 Å². The van der Waals surface area contributed by atoms with Gasteiger partial charge in [-0.3, -0.25) is 0 Å². The number of hydrazine groups is 1. The van der Waals surface area contributed by atoms with Gasteiger partial charge in [-0.1, -0.05) is 13.8 Å².